The first-order valence-corrected chi connectivity index (χ1v) is 5.13. The molecule has 0 amide bonds. The van der Waals surface area contributed by atoms with Crippen LogP contribution < -0.4 is 0 Å². The largest absolute Gasteiger partial charge is 0.301 e. The Kier molecular flexibility index (Phi) is 8.60. The van der Waals surface area contributed by atoms with Gasteiger partial charge in [-0.2, -0.15) is 30.3 Å². The Balaban J connectivity index is 0.000000980. The van der Waals surface area contributed by atoms with Crippen molar-refractivity contribution < 1.29 is 19.5 Å². The van der Waals surface area contributed by atoms with Crippen LogP contribution in [0.3, 0.4) is 0 Å². The molecule has 15 heavy (non-hydrogen) atoms. The van der Waals surface area contributed by atoms with Gasteiger partial charge < -0.3 is 4.90 Å². The van der Waals surface area contributed by atoms with Crippen LogP contribution in [0, 0.1) is 6.07 Å². The summed E-state index contributed by atoms with van der Waals surface area (Å²) >= 11 is 0. The molecule has 1 heterocycles. The monoisotopic (exact) mass is 318 g/mol. The summed E-state index contributed by atoms with van der Waals surface area (Å²) in [4.78, 5) is 2.52. The van der Waals surface area contributed by atoms with Gasteiger partial charge in [0, 0.05) is 26.0 Å². The predicted octanol–water partition coefficient (Wildman–Crippen LogP) is 3.05. The Morgan fingerprint density at radius 2 is 1.87 bits per heavy atom. The van der Waals surface area contributed by atoms with Crippen LogP contribution in [0.4, 0.5) is 0 Å². The third-order valence-electron chi connectivity index (χ3n) is 2.62. The van der Waals surface area contributed by atoms with Crippen molar-refractivity contribution in [2.24, 2.45) is 0 Å². The molecule has 80 valence electrons. The van der Waals surface area contributed by atoms with Gasteiger partial charge >= 0.3 is 0 Å². The van der Waals surface area contributed by atoms with E-state index in [9.17, 15) is 0 Å². The molecule has 0 radical (unpaired) electrons. The van der Waals surface area contributed by atoms with Gasteiger partial charge in [0.15, 0.2) is 0 Å². The standard InChI is InChI=1S/C12H16N.BrH.Zn/c1-3-7-12(8-4-1)11-13-9-5-2-6-10-13;;/h1,3-4,7H,2,5-6,9-11H2;1H;/q-1;;. The van der Waals surface area contributed by atoms with E-state index in [4.69, 9.17) is 0 Å². The summed E-state index contributed by atoms with van der Waals surface area (Å²) in [7, 11) is 0. The van der Waals surface area contributed by atoms with E-state index < -0.39 is 0 Å². The molecule has 1 aliphatic heterocycles. The van der Waals surface area contributed by atoms with Gasteiger partial charge in [-0.1, -0.05) is 6.42 Å². The van der Waals surface area contributed by atoms with E-state index in [2.05, 4.69) is 23.1 Å². The molecule has 2 rings (SSSR count). The predicted molar refractivity (Wildman–Crippen MR) is 64.7 cm³/mol. The van der Waals surface area contributed by atoms with E-state index in [1.807, 2.05) is 12.1 Å². The van der Waals surface area contributed by atoms with Gasteiger partial charge in [0.1, 0.15) is 0 Å². The minimum absolute atomic E-state index is 0. The molecular formula is C12H17BrNZn-. The maximum Gasteiger partial charge on any atom is 0.000731 e. The summed E-state index contributed by atoms with van der Waals surface area (Å²) in [6, 6.07) is 11.6. The molecule has 0 unspecified atom stereocenters. The third-order valence-corrected chi connectivity index (χ3v) is 2.62. The first kappa shape index (κ1) is 15.3. The van der Waals surface area contributed by atoms with Crippen LogP contribution in [0.2, 0.25) is 0 Å². The van der Waals surface area contributed by atoms with E-state index in [0.29, 0.717) is 0 Å². The van der Waals surface area contributed by atoms with Crippen LogP contribution in [-0.4, -0.2) is 18.0 Å². The van der Waals surface area contributed by atoms with Crippen LogP contribution >= 0.6 is 17.0 Å². The van der Waals surface area contributed by atoms with Gasteiger partial charge in [-0.25, -0.2) is 0 Å². The number of piperidine rings is 1. The van der Waals surface area contributed by atoms with E-state index >= 15 is 0 Å². The van der Waals surface area contributed by atoms with Gasteiger partial charge in [-0.3, -0.25) is 0 Å². The molecule has 0 spiro atoms. The van der Waals surface area contributed by atoms with E-state index in [-0.39, 0.29) is 36.5 Å². The van der Waals surface area contributed by atoms with Crippen LogP contribution in [-0.2, 0) is 26.0 Å². The van der Waals surface area contributed by atoms with Gasteiger partial charge in [0.25, 0.3) is 0 Å². The molecule has 0 saturated carbocycles. The Hall–Kier alpha value is 0.283. The van der Waals surface area contributed by atoms with Crippen LogP contribution in [0.5, 0.6) is 0 Å². The SMILES string of the molecule is Br.[Zn].[c-]1ccccc1CN1CCCCC1. The second-order valence-electron chi connectivity index (χ2n) is 3.72. The topological polar surface area (TPSA) is 3.24 Å². The quantitative estimate of drug-likeness (QED) is 0.598. The number of hydrogen-bond acceptors (Lipinski definition) is 1. The number of hydrogen-bond donors (Lipinski definition) is 0. The van der Waals surface area contributed by atoms with Crippen LogP contribution in [0.25, 0.3) is 0 Å². The fourth-order valence-electron chi connectivity index (χ4n) is 1.89. The summed E-state index contributed by atoms with van der Waals surface area (Å²) in [5.74, 6) is 0. The Morgan fingerprint density at radius 1 is 1.13 bits per heavy atom. The normalized spacial score (nSPS) is 16.3. The average Bonchev–Trinajstić information content (AvgIpc) is 2.21. The molecule has 1 aromatic rings. The zero-order valence-corrected chi connectivity index (χ0v) is 13.8. The number of nitrogens with zero attached hydrogens (tertiary/aromatic N) is 1. The molecule has 1 saturated heterocycles. The molecule has 0 N–H and O–H groups in total. The first-order chi connectivity index (χ1) is 6.45. The molecular weight excluding hydrogens is 303 g/mol. The molecule has 3 heteroatoms. The maximum absolute atomic E-state index is 3.27. The van der Waals surface area contributed by atoms with Gasteiger partial charge in [-0.05, 0) is 25.9 Å². The summed E-state index contributed by atoms with van der Waals surface area (Å²) in [5.41, 5.74) is 1.32. The van der Waals surface area contributed by atoms with Gasteiger partial charge in [0.05, 0.1) is 0 Å². The maximum atomic E-state index is 3.27. The van der Waals surface area contributed by atoms with Crippen molar-refractivity contribution in [2.75, 3.05) is 13.1 Å². The number of halogens is 1. The average molecular weight is 321 g/mol. The summed E-state index contributed by atoms with van der Waals surface area (Å²) in [6.07, 6.45) is 4.15. The van der Waals surface area contributed by atoms with E-state index in [1.54, 1.807) is 0 Å². The summed E-state index contributed by atoms with van der Waals surface area (Å²) in [5, 5.41) is 0. The third kappa shape index (κ3) is 5.24. The fraction of sp³-hybridized carbons (Fsp3) is 0.500. The smallest absolute Gasteiger partial charge is 0.000731 e. The minimum Gasteiger partial charge on any atom is -0.301 e. The van der Waals surface area contributed by atoms with Crippen molar-refractivity contribution in [3.8, 4) is 0 Å². The van der Waals surface area contributed by atoms with Gasteiger partial charge in [0.2, 0.25) is 0 Å². The molecule has 0 atom stereocenters. The molecule has 1 nitrogen and oxygen atoms in total. The van der Waals surface area contributed by atoms with Crippen molar-refractivity contribution in [2.45, 2.75) is 25.8 Å². The summed E-state index contributed by atoms with van der Waals surface area (Å²) < 4.78 is 0. The first-order valence-electron chi connectivity index (χ1n) is 5.13. The van der Waals surface area contributed by atoms with Crippen molar-refractivity contribution in [1.29, 1.82) is 0 Å². The molecule has 1 aliphatic rings. The Morgan fingerprint density at radius 3 is 2.47 bits per heavy atom. The molecule has 1 fully saturated rings. The number of rotatable bonds is 2. The Labute approximate surface area is 116 Å². The van der Waals surface area contributed by atoms with Crippen molar-refractivity contribution in [1.82, 2.24) is 4.90 Å². The van der Waals surface area contributed by atoms with Crippen molar-refractivity contribution in [3.05, 3.63) is 35.9 Å². The zero-order chi connectivity index (χ0) is 8.93. The molecule has 1 aromatic carbocycles. The molecule has 0 aromatic heterocycles. The number of likely N-dealkylation sites (tertiary alicyclic amines) is 1. The fourth-order valence-corrected chi connectivity index (χ4v) is 1.89. The number of benzene rings is 1. The summed E-state index contributed by atoms with van der Waals surface area (Å²) in [6.45, 7) is 3.62. The van der Waals surface area contributed by atoms with Crippen LogP contribution in [0.15, 0.2) is 24.3 Å². The molecule has 0 bridgehead atoms. The van der Waals surface area contributed by atoms with Crippen molar-refractivity contribution >= 4 is 17.0 Å². The van der Waals surface area contributed by atoms with Crippen LogP contribution in [0.1, 0.15) is 24.8 Å². The molecule has 0 aliphatic carbocycles. The zero-order valence-electron chi connectivity index (χ0n) is 9.11. The van der Waals surface area contributed by atoms with Crippen molar-refractivity contribution in [3.63, 3.8) is 0 Å². The van der Waals surface area contributed by atoms with Gasteiger partial charge in [-0.15, -0.1) is 22.5 Å². The minimum atomic E-state index is 0. The van der Waals surface area contributed by atoms with E-state index in [0.717, 1.165) is 6.54 Å². The van der Waals surface area contributed by atoms with E-state index in [1.165, 1.54) is 37.9 Å². The second-order valence-corrected chi connectivity index (χ2v) is 3.72. The Bertz CT molecular complexity index is 247. The second kappa shape index (κ2) is 8.44.